The molecule has 0 amide bonds. The molecule has 1 saturated carbocycles. The van der Waals surface area contributed by atoms with Crippen molar-refractivity contribution in [2.45, 2.75) is 44.4 Å². The molecule has 4 aliphatic rings. The highest BCUT2D eigenvalue weighted by Gasteiger charge is 2.44. The molecule has 0 N–H and O–H groups in total. The van der Waals surface area contributed by atoms with Crippen LogP contribution in [0.15, 0.2) is 60.7 Å². The minimum absolute atomic E-state index is 0.0299. The first kappa shape index (κ1) is 33.3. The molecule has 8 nitrogen and oxygen atoms in total. The Morgan fingerprint density at radius 3 is 1.62 bits per heavy atom. The summed E-state index contributed by atoms with van der Waals surface area (Å²) in [4.78, 5) is 25.3. The van der Waals surface area contributed by atoms with E-state index in [1.54, 1.807) is 21.1 Å². The van der Waals surface area contributed by atoms with Gasteiger partial charge in [-0.15, -0.1) is 0 Å². The predicted molar refractivity (Wildman–Crippen MR) is 177 cm³/mol. The largest absolute Gasteiger partial charge is 0.491 e. The molecule has 0 aliphatic heterocycles. The van der Waals surface area contributed by atoms with Gasteiger partial charge in [0.25, 0.3) is 0 Å². The van der Waals surface area contributed by atoms with Crippen LogP contribution in [0.4, 0.5) is 0 Å². The summed E-state index contributed by atoms with van der Waals surface area (Å²) < 4.78 is 34.8. The van der Waals surface area contributed by atoms with E-state index < -0.39 is 5.92 Å². The van der Waals surface area contributed by atoms with Crippen LogP contribution in [0.1, 0.15) is 77.8 Å². The Hall–Kier alpha value is -3.56. The van der Waals surface area contributed by atoms with Crippen LogP contribution in [0.25, 0.3) is 0 Å². The average molecular weight is 643 g/mol. The van der Waals surface area contributed by atoms with E-state index in [1.165, 1.54) is 22.3 Å². The SMILES string of the molecule is COCCOc1ccc(OCCOCC(COCOC)C(=O)C2CCC(C(C)=O)CC2)c2c1C1c3ccccc3C2c2ccccc21. The second kappa shape index (κ2) is 15.6. The Kier molecular flexibility index (Phi) is 11.0. The summed E-state index contributed by atoms with van der Waals surface area (Å²) in [5, 5.41) is 0. The van der Waals surface area contributed by atoms with Crippen molar-refractivity contribution >= 4 is 11.6 Å². The Balaban J connectivity index is 1.16. The first-order valence-corrected chi connectivity index (χ1v) is 16.8. The summed E-state index contributed by atoms with van der Waals surface area (Å²) in [5.41, 5.74) is 7.51. The number of benzene rings is 3. The molecule has 250 valence electrons. The van der Waals surface area contributed by atoms with E-state index in [1.807, 2.05) is 12.1 Å². The molecule has 0 heterocycles. The second-order valence-electron chi connectivity index (χ2n) is 12.8. The van der Waals surface area contributed by atoms with E-state index in [2.05, 4.69) is 48.5 Å². The molecule has 47 heavy (non-hydrogen) atoms. The fourth-order valence-corrected chi connectivity index (χ4v) is 7.75. The molecule has 3 aromatic rings. The van der Waals surface area contributed by atoms with E-state index in [0.717, 1.165) is 48.3 Å². The smallest absolute Gasteiger partial charge is 0.146 e. The van der Waals surface area contributed by atoms with Crippen molar-refractivity contribution in [1.82, 2.24) is 0 Å². The number of rotatable bonds is 17. The van der Waals surface area contributed by atoms with E-state index in [-0.39, 0.29) is 55.2 Å². The van der Waals surface area contributed by atoms with Crippen molar-refractivity contribution in [2.75, 3.05) is 60.7 Å². The third-order valence-corrected chi connectivity index (χ3v) is 10.00. The van der Waals surface area contributed by atoms with Gasteiger partial charge in [-0.1, -0.05) is 48.5 Å². The summed E-state index contributed by atoms with van der Waals surface area (Å²) in [5.74, 6) is 1.72. The molecule has 0 radical (unpaired) electrons. The number of carbonyl (C=O) groups is 2. The summed E-state index contributed by atoms with van der Waals surface area (Å²) >= 11 is 0. The molecule has 2 bridgehead atoms. The molecular weight excluding hydrogens is 596 g/mol. The van der Waals surface area contributed by atoms with Gasteiger partial charge in [-0.2, -0.15) is 0 Å². The Bertz CT molecular complexity index is 1490. The molecule has 1 atom stereocenters. The highest BCUT2D eigenvalue weighted by atomic mass is 16.7. The predicted octanol–water partition coefficient (Wildman–Crippen LogP) is 6.30. The third-order valence-electron chi connectivity index (χ3n) is 10.00. The zero-order valence-corrected chi connectivity index (χ0v) is 27.7. The van der Waals surface area contributed by atoms with Crippen LogP contribution < -0.4 is 9.47 Å². The molecule has 0 saturated heterocycles. The molecule has 1 unspecified atom stereocenters. The monoisotopic (exact) mass is 642 g/mol. The number of ether oxygens (including phenoxy) is 6. The molecule has 7 rings (SSSR count). The number of methoxy groups -OCH3 is 2. The Labute approximate surface area is 277 Å². The summed E-state index contributed by atoms with van der Waals surface area (Å²) in [7, 11) is 3.24. The topological polar surface area (TPSA) is 89.5 Å². The highest BCUT2D eigenvalue weighted by molar-refractivity contribution is 5.84. The van der Waals surface area contributed by atoms with Gasteiger partial charge in [-0.3, -0.25) is 9.59 Å². The van der Waals surface area contributed by atoms with Crippen molar-refractivity contribution in [3.8, 4) is 11.5 Å². The molecule has 1 fully saturated rings. The van der Waals surface area contributed by atoms with E-state index in [9.17, 15) is 9.59 Å². The van der Waals surface area contributed by atoms with Gasteiger partial charge in [-0.25, -0.2) is 0 Å². The molecular formula is C39H46O8. The zero-order valence-electron chi connectivity index (χ0n) is 27.7. The van der Waals surface area contributed by atoms with E-state index in [0.29, 0.717) is 26.4 Å². The van der Waals surface area contributed by atoms with Crippen molar-refractivity contribution in [1.29, 1.82) is 0 Å². The highest BCUT2D eigenvalue weighted by Crippen LogP contribution is 2.60. The van der Waals surface area contributed by atoms with Crippen molar-refractivity contribution in [3.63, 3.8) is 0 Å². The van der Waals surface area contributed by atoms with Gasteiger partial charge in [0.1, 0.15) is 43.1 Å². The third kappa shape index (κ3) is 7.02. The lowest BCUT2D eigenvalue weighted by Gasteiger charge is -2.43. The number of ketones is 2. The molecule has 0 spiro atoms. The number of carbonyl (C=O) groups excluding carboxylic acids is 2. The van der Waals surface area contributed by atoms with E-state index in [4.69, 9.17) is 28.4 Å². The summed E-state index contributed by atoms with van der Waals surface area (Å²) in [6.45, 7) is 3.87. The van der Waals surface area contributed by atoms with Crippen LogP contribution >= 0.6 is 0 Å². The van der Waals surface area contributed by atoms with Crippen LogP contribution in [0, 0.1) is 17.8 Å². The standard InChI is InChI=1S/C39H46O8/c1-25(40)26-12-14-27(15-13-26)39(41)28(23-45-24-43-3)22-44-19-21-47-34-17-16-33(46-20-18-42-2)37-35-29-8-4-6-10-31(29)36(38(34)37)32-11-7-5-9-30(32)35/h4-11,16-17,26-28,35-36H,12-15,18-24H2,1-3H3. The molecule has 4 aliphatic carbocycles. The lowest BCUT2D eigenvalue weighted by Crippen LogP contribution is -2.34. The normalized spacial score (nSPS) is 21.3. The minimum atomic E-state index is -0.399. The van der Waals surface area contributed by atoms with Gasteiger partial charge in [-0.05, 0) is 67.0 Å². The van der Waals surface area contributed by atoms with Crippen molar-refractivity contribution in [2.24, 2.45) is 17.8 Å². The fourth-order valence-electron chi connectivity index (χ4n) is 7.75. The summed E-state index contributed by atoms with van der Waals surface area (Å²) in [6.07, 6.45) is 3.00. The van der Waals surface area contributed by atoms with Gasteiger partial charge in [0.15, 0.2) is 0 Å². The van der Waals surface area contributed by atoms with Crippen molar-refractivity contribution in [3.05, 3.63) is 94.0 Å². The molecule has 3 aromatic carbocycles. The Morgan fingerprint density at radius 1 is 0.638 bits per heavy atom. The summed E-state index contributed by atoms with van der Waals surface area (Å²) in [6, 6.07) is 21.4. The lowest BCUT2D eigenvalue weighted by atomic mass is 9.60. The number of hydrogen-bond acceptors (Lipinski definition) is 8. The maximum absolute atomic E-state index is 13.5. The van der Waals surface area contributed by atoms with Crippen LogP contribution in [-0.4, -0.2) is 72.2 Å². The van der Waals surface area contributed by atoms with Gasteiger partial charge < -0.3 is 28.4 Å². The van der Waals surface area contributed by atoms with Crippen LogP contribution in [0.5, 0.6) is 11.5 Å². The van der Waals surface area contributed by atoms with Gasteiger partial charge in [0.05, 0.1) is 32.3 Å². The minimum Gasteiger partial charge on any atom is -0.491 e. The van der Waals surface area contributed by atoms with Crippen LogP contribution in [0.2, 0.25) is 0 Å². The average Bonchev–Trinajstić information content (AvgIpc) is 3.11. The van der Waals surface area contributed by atoms with Crippen LogP contribution in [0.3, 0.4) is 0 Å². The first-order valence-electron chi connectivity index (χ1n) is 16.8. The second-order valence-corrected chi connectivity index (χ2v) is 12.8. The van der Waals surface area contributed by atoms with Gasteiger partial charge >= 0.3 is 0 Å². The van der Waals surface area contributed by atoms with Crippen LogP contribution in [-0.2, 0) is 28.5 Å². The van der Waals surface area contributed by atoms with Gasteiger partial charge in [0.2, 0.25) is 0 Å². The first-order chi connectivity index (χ1) is 23.0. The lowest BCUT2D eigenvalue weighted by molar-refractivity contribution is -0.136. The Morgan fingerprint density at radius 2 is 1.13 bits per heavy atom. The van der Waals surface area contributed by atoms with Crippen molar-refractivity contribution < 1.29 is 38.0 Å². The molecule has 0 aromatic heterocycles. The maximum atomic E-state index is 13.5. The number of hydrogen-bond donors (Lipinski definition) is 0. The molecule has 8 heteroatoms. The zero-order chi connectivity index (χ0) is 32.8. The number of Topliss-reactive ketones (excluding diaryl/α,β-unsaturated/α-hetero) is 2. The van der Waals surface area contributed by atoms with E-state index >= 15 is 0 Å². The van der Waals surface area contributed by atoms with Gasteiger partial charge in [0, 0.05) is 49.0 Å². The maximum Gasteiger partial charge on any atom is 0.146 e. The fraction of sp³-hybridized carbons (Fsp3) is 0.487. The quantitative estimate of drug-likeness (QED) is 0.0863.